The smallest absolute Gasteiger partial charge is 0.188 e. The molecule has 4 nitrogen and oxygen atoms in total. The Morgan fingerprint density at radius 1 is 1.32 bits per heavy atom. The van der Waals surface area contributed by atoms with E-state index in [-0.39, 0.29) is 0 Å². The number of likely N-dealkylation sites (tertiary alicyclic amines) is 1. The van der Waals surface area contributed by atoms with Crippen molar-refractivity contribution in [1.29, 1.82) is 0 Å². The van der Waals surface area contributed by atoms with Crippen molar-refractivity contribution in [2.24, 2.45) is 22.6 Å². The number of aliphatic imine (C=N–C) groups is 1. The van der Waals surface area contributed by atoms with E-state index in [1.54, 1.807) is 0 Å². The summed E-state index contributed by atoms with van der Waals surface area (Å²) in [5.74, 6) is 2.12. The fourth-order valence-corrected chi connectivity index (χ4v) is 3.30. The third-order valence-corrected chi connectivity index (χ3v) is 4.22. The largest absolute Gasteiger partial charge is 0.370 e. The van der Waals surface area contributed by atoms with Crippen molar-refractivity contribution < 1.29 is 0 Å². The molecule has 0 aromatic carbocycles. The molecule has 0 amide bonds. The van der Waals surface area contributed by atoms with Crippen LogP contribution in [0.5, 0.6) is 0 Å². The molecule has 0 aromatic heterocycles. The highest BCUT2D eigenvalue weighted by molar-refractivity contribution is 5.78. The molecular weight excluding hydrogens is 236 g/mol. The second kappa shape index (κ2) is 7.13. The molecule has 0 radical (unpaired) electrons. The van der Waals surface area contributed by atoms with E-state index in [0.717, 1.165) is 12.5 Å². The Kier molecular flexibility index (Phi) is 5.49. The zero-order valence-electron chi connectivity index (χ0n) is 12.6. The fraction of sp³-hybridized carbons (Fsp3) is 0.933. The lowest BCUT2D eigenvalue weighted by Gasteiger charge is -2.18. The number of nitrogens with one attached hydrogen (secondary N) is 1. The summed E-state index contributed by atoms with van der Waals surface area (Å²) in [6.45, 7) is 9.10. The van der Waals surface area contributed by atoms with Gasteiger partial charge in [0.25, 0.3) is 0 Å². The van der Waals surface area contributed by atoms with Crippen LogP contribution in [0.4, 0.5) is 0 Å². The lowest BCUT2D eigenvalue weighted by molar-refractivity contribution is 0.288. The highest BCUT2D eigenvalue weighted by atomic mass is 15.2. The van der Waals surface area contributed by atoms with Crippen LogP contribution in [0.25, 0.3) is 0 Å². The van der Waals surface area contributed by atoms with Gasteiger partial charge in [-0.1, -0.05) is 26.7 Å². The molecule has 1 aliphatic carbocycles. The Balaban J connectivity index is 1.67. The number of hydrogen-bond acceptors (Lipinski definition) is 2. The normalized spacial score (nSPS) is 26.5. The van der Waals surface area contributed by atoms with Crippen molar-refractivity contribution in [3.05, 3.63) is 0 Å². The van der Waals surface area contributed by atoms with Crippen LogP contribution in [-0.2, 0) is 0 Å². The van der Waals surface area contributed by atoms with E-state index in [1.165, 1.54) is 51.7 Å². The van der Waals surface area contributed by atoms with Crippen LogP contribution >= 0.6 is 0 Å². The number of guanidine groups is 1. The molecule has 1 unspecified atom stereocenters. The Bertz CT molecular complexity index is 295. The van der Waals surface area contributed by atoms with Gasteiger partial charge in [-0.05, 0) is 37.6 Å². The summed E-state index contributed by atoms with van der Waals surface area (Å²) < 4.78 is 0. The van der Waals surface area contributed by atoms with Crippen LogP contribution in [0.15, 0.2) is 4.99 Å². The molecule has 0 aromatic rings. The molecule has 1 heterocycles. The fourth-order valence-electron chi connectivity index (χ4n) is 3.30. The standard InChI is InChI=1S/C15H30N4/c1-12(2)10-19-8-7-13(11-19)9-17-15(16)18-14-5-3-4-6-14/h12-14H,3-11H2,1-2H3,(H3,16,17,18). The Hall–Kier alpha value is -0.770. The van der Waals surface area contributed by atoms with E-state index >= 15 is 0 Å². The first-order valence-corrected chi connectivity index (χ1v) is 7.92. The number of nitrogens with two attached hydrogens (primary N) is 1. The Morgan fingerprint density at radius 2 is 2.05 bits per heavy atom. The van der Waals surface area contributed by atoms with Crippen molar-refractivity contribution in [2.45, 2.75) is 52.0 Å². The van der Waals surface area contributed by atoms with Crippen molar-refractivity contribution in [2.75, 3.05) is 26.2 Å². The summed E-state index contributed by atoms with van der Waals surface area (Å²) in [5, 5.41) is 3.36. The zero-order chi connectivity index (χ0) is 13.7. The first-order valence-electron chi connectivity index (χ1n) is 7.92. The summed E-state index contributed by atoms with van der Waals surface area (Å²) in [7, 11) is 0. The van der Waals surface area contributed by atoms with Crippen molar-refractivity contribution >= 4 is 5.96 Å². The summed E-state index contributed by atoms with van der Waals surface area (Å²) in [6.07, 6.45) is 6.44. The highest BCUT2D eigenvalue weighted by Crippen LogP contribution is 2.18. The van der Waals surface area contributed by atoms with Crippen molar-refractivity contribution in [3.63, 3.8) is 0 Å². The maximum absolute atomic E-state index is 5.97. The summed E-state index contributed by atoms with van der Waals surface area (Å²) in [6, 6.07) is 0.574. The molecule has 1 saturated heterocycles. The molecule has 2 fully saturated rings. The van der Waals surface area contributed by atoms with Gasteiger partial charge in [0.2, 0.25) is 0 Å². The van der Waals surface area contributed by atoms with Crippen LogP contribution in [0, 0.1) is 11.8 Å². The van der Waals surface area contributed by atoms with Gasteiger partial charge >= 0.3 is 0 Å². The van der Waals surface area contributed by atoms with Crippen LogP contribution in [0.3, 0.4) is 0 Å². The Morgan fingerprint density at radius 3 is 2.74 bits per heavy atom. The van der Waals surface area contributed by atoms with Gasteiger partial charge in [-0.15, -0.1) is 0 Å². The van der Waals surface area contributed by atoms with Crippen LogP contribution in [0.1, 0.15) is 46.0 Å². The average molecular weight is 266 g/mol. The van der Waals surface area contributed by atoms with Gasteiger partial charge in [0.1, 0.15) is 0 Å². The number of hydrogen-bond donors (Lipinski definition) is 2. The lowest BCUT2D eigenvalue weighted by atomic mass is 10.1. The molecule has 1 atom stereocenters. The van der Waals surface area contributed by atoms with Gasteiger partial charge in [0.05, 0.1) is 0 Å². The highest BCUT2D eigenvalue weighted by Gasteiger charge is 2.22. The number of rotatable bonds is 5. The van der Waals surface area contributed by atoms with Crippen LogP contribution < -0.4 is 11.1 Å². The van der Waals surface area contributed by atoms with E-state index in [4.69, 9.17) is 5.73 Å². The molecule has 0 bridgehead atoms. The molecule has 2 rings (SSSR count). The molecular formula is C15H30N4. The maximum atomic E-state index is 5.97. The summed E-state index contributed by atoms with van der Waals surface area (Å²) in [5.41, 5.74) is 5.97. The predicted molar refractivity (Wildman–Crippen MR) is 81.3 cm³/mol. The monoisotopic (exact) mass is 266 g/mol. The van der Waals surface area contributed by atoms with Crippen LogP contribution in [0.2, 0.25) is 0 Å². The molecule has 19 heavy (non-hydrogen) atoms. The number of nitrogens with zero attached hydrogens (tertiary/aromatic N) is 2. The van der Waals surface area contributed by atoms with E-state index < -0.39 is 0 Å². The second-order valence-corrected chi connectivity index (χ2v) is 6.66. The predicted octanol–water partition coefficient (Wildman–Crippen LogP) is 1.81. The van der Waals surface area contributed by atoms with E-state index in [1.807, 2.05) is 0 Å². The maximum Gasteiger partial charge on any atom is 0.188 e. The molecule has 110 valence electrons. The van der Waals surface area contributed by atoms with E-state index in [9.17, 15) is 0 Å². The minimum Gasteiger partial charge on any atom is -0.370 e. The van der Waals surface area contributed by atoms with Crippen molar-refractivity contribution in [1.82, 2.24) is 10.2 Å². The molecule has 2 aliphatic rings. The minimum atomic E-state index is 0.574. The van der Waals surface area contributed by atoms with E-state index in [2.05, 4.69) is 29.1 Å². The molecule has 0 spiro atoms. The average Bonchev–Trinajstić information content (AvgIpc) is 2.97. The van der Waals surface area contributed by atoms with Gasteiger partial charge in [-0.2, -0.15) is 0 Å². The molecule has 1 saturated carbocycles. The molecule has 3 N–H and O–H groups in total. The quantitative estimate of drug-likeness (QED) is 0.589. The lowest BCUT2D eigenvalue weighted by Crippen LogP contribution is -2.39. The van der Waals surface area contributed by atoms with Crippen molar-refractivity contribution in [3.8, 4) is 0 Å². The van der Waals surface area contributed by atoms with Gasteiger partial charge in [0, 0.05) is 25.7 Å². The zero-order valence-corrected chi connectivity index (χ0v) is 12.6. The van der Waals surface area contributed by atoms with Gasteiger partial charge in [-0.3, -0.25) is 4.99 Å². The molecule has 4 heteroatoms. The van der Waals surface area contributed by atoms with Gasteiger partial charge < -0.3 is 16.0 Å². The summed E-state index contributed by atoms with van der Waals surface area (Å²) in [4.78, 5) is 7.10. The second-order valence-electron chi connectivity index (χ2n) is 6.66. The van der Waals surface area contributed by atoms with Gasteiger partial charge in [-0.25, -0.2) is 0 Å². The SMILES string of the molecule is CC(C)CN1CCC(CN=C(N)NC2CCCC2)C1. The third-order valence-electron chi connectivity index (χ3n) is 4.22. The summed E-state index contributed by atoms with van der Waals surface area (Å²) >= 11 is 0. The first kappa shape index (κ1) is 14.6. The molecule has 1 aliphatic heterocycles. The topological polar surface area (TPSA) is 53.6 Å². The minimum absolute atomic E-state index is 0.574. The third kappa shape index (κ3) is 5.01. The Labute approximate surface area is 117 Å². The van der Waals surface area contributed by atoms with Gasteiger partial charge in [0.15, 0.2) is 5.96 Å². The first-order chi connectivity index (χ1) is 9.13. The van der Waals surface area contributed by atoms with E-state index in [0.29, 0.717) is 17.9 Å². The van der Waals surface area contributed by atoms with Crippen LogP contribution in [-0.4, -0.2) is 43.1 Å².